The zero-order chi connectivity index (χ0) is 57.5. The lowest BCUT2D eigenvalue weighted by atomic mass is 9.98. The Hall–Kier alpha value is -4.36. The van der Waals surface area contributed by atoms with Crippen LogP contribution in [-0.4, -0.2) is 89.2 Å². The number of rotatable bonds is 52. The van der Waals surface area contributed by atoms with Gasteiger partial charge in [0.15, 0.2) is 24.6 Å². The Balaban J connectivity index is 2.68. The molecule has 1 rings (SSSR count). The summed E-state index contributed by atoms with van der Waals surface area (Å²) in [5.41, 5.74) is 0. The van der Waals surface area contributed by atoms with Crippen molar-refractivity contribution < 1.29 is 58.2 Å². The van der Waals surface area contributed by atoms with E-state index in [9.17, 15) is 34.5 Å². The number of esters is 3. The van der Waals surface area contributed by atoms with E-state index in [2.05, 4.69) is 118 Å². The highest BCUT2D eigenvalue weighted by Crippen LogP contribution is 2.26. The zero-order valence-electron chi connectivity index (χ0n) is 49.6. The first-order chi connectivity index (χ1) is 38.6. The van der Waals surface area contributed by atoms with Gasteiger partial charge in [-0.25, -0.2) is 4.79 Å². The van der Waals surface area contributed by atoms with Crippen LogP contribution in [-0.2, 0) is 42.9 Å². The predicted octanol–water partition coefficient (Wildman–Crippen LogP) is 16.5. The van der Waals surface area contributed by atoms with Gasteiger partial charge < -0.3 is 39.0 Å². The standard InChI is InChI=1S/C67H110O12/c1-4-7-10-13-16-19-22-25-27-29-30-32-34-37-40-43-46-49-52-55-61(70)78-65-63(72)62(71)64(66(73)74)79-67(65)76-57-58(77-60(69)54-51-48-45-42-39-35-24-21-18-15-12-9-6-3)56-75-59(68)53-50-47-44-41-38-36-33-31-28-26-23-20-17-14-11-8-5-2/h8,11-12,15-17,19-21,24-28,30,32,58,62-65,67,71-72H,4-7,9-10,13-14,18,22-23,29,31,33-57H2,1-3H3,(H,73,74)/b11-8-,15-12-,19-16-,20-17-,24-21-,27-25-,28-26-,32-30-. The number of hydrogen-bond donors (Lipinski definition) is 3. The maximum Gasteiger partial charge on any atom is 0.335 e. The minimum absolute atomic E-state index is 0.0395. The van der Waals surface area contributed by atoms with Gasteiger partial charge in [-0.3, -0.25) is 14.4 Å². The molecule has 0 aromatic carbocycles. The largest absolute Gasteiger partial charge is 0.479 e. The molecule has 1 saturated heterocycles. The summed E-state index contributed by atoms with van der Waals surface area (Å²) in [4.78, 5) is 51.2. The molecule has 3 N–H and O–H groups in total. The number of aliphatic hydroxyl groups excluding tert-OH is 2. The molecule has 12 nitrogen and oxygen atoms in total. The van der Waals surface area contributed by atoms with Crippen molar-refractivity contribution in [3.8, 4) is 0 Å². The van der Waals surface area contributed by atoms with Crippen molar-refractivity contribution >= 4 is 23.9 Å². The summed E-state index contributed by atoms with van der Waals surface area (Å²) in [6, 6.07) is 0. The van der Waals surface area contributed by atoms with E-state index in [0.717, 1.165) is 167 Å². The minimum atomic E-state index is -1.92. The second-order valence-electron chi connectivity index (χ2n) is 20.9. The van der Waals surface area contributed by atoms with Crippen molar-refractivity contribution in [1.82, 2.24) is 0 Å². The van der Waals surface area contributed by atoms with Gasteiger partial charge in [-0.2, -0.15) is 0 Å². The van der Waals surface area contributed by atoms with Crippen LogP contribution < -0.4 is 0 Å². The second kappa shape index (κ2) is 54.2. The molecule has 1 heterocycles. The molecule has 79 heavy (non-hydrogen) atoms. The first kappa shape index (κ1) is 72.7. The monoisotopic (exact) mass is 1110 g/mol. The Bertz CT molecular complexity index is 1740. The Morgan fingerprint density at radius 2 is 0.823 bits per heavy atom. The molecule has 0 amide bonds. The van der Waals surface area contributed by atoms with Gasteiger partial charge >= 0.3 is 23.9 Å². The fraction of sp³-hybridized carbons (Fsp3) is 0.701. The van der Waals surface area contributed by atoms with Gasteiger partial charge in [-0.15, -0.1) is 0 Å². The van der Waals surface area contributed by atoms with Gasteiger partial charge in [0.25, 0.3) is 0 Å². The van der Waals surface area contributed by atoms with Crippen LogP contribution in [0.2, 0.25) is 0 Å². The molecule has 0 aromatic heterocycles. The van der Waals surface area contributed by atoms with E-state index in [-0.39, 0.29) is 25.9 Å². The van der Waals surface area contributed by atoms with Crippen molar-refractivity contribution in [2.75, 3.05) is 13.2 Å². The first-order valence-corrected chi connectivity index (χ1v) is 31.2. The fourth-order valence-electron chi connectivity index (χ4n) is 8.84. The number of carbonyl (C=O) groups excluding carboxylic acids is 3. The number of ether oxygens (including phenoxy) is 5. The predicted molar refractivity (Wildman–Crippen MR) is 321 cm³/mol. The quantitative estimate of drug-likeness (QED) is 0.0228. The van der Waals surface area contributed by atoms with Gasteiger partial charge in [0.1, 0.15) is 18.8 Å². The van der Waals surface area contributed by atoms with Crippen LogP contribution in [0.1, 0.15) is 252 Å². The van der Waals surface area contributed by atoms with Crippen LogP contribution >= 0.6 is 0 Å². The van der Waals surface area contributed by atoms with E-state index in [1.807, 2.05) is 0 Å². The zero-order valence-corrected chi connectivity index (χ0v) is 49.6. The third-order valence-electron chi connectivity index (χ3n) is 13.6. The molecule has 1 aliphatic heterocycles. The van der Waals surface area contributed by atoms with Crippen LogP contribution in [0.15, 0.2) is 97.2 Å². The maximum atomic E-state index is 13.2. The molecule has 0 spiro atoms. The number of allylic oxidation sites excluding steroid dienone is 16. The van der Waals surface area contributed by atoms with E-state index in [1.54, 1.807) is 0 Å². The summed E-state index contributed by atoms with van der Waals surface area (Å²) >= 11 is 0. The Morgan fingerprint density at radius 1 is 0.430 bits per heavy atom. The summed E-state index contributed by atoms with van der Waals surface area (Å²) in [6.45, 7) is 5.77. The fourth-order valence-corrected chi connectivity index (χ4v) is 8.84. The van der Waals surface area contributed by atoms with Crippen molar-refractivity contribution in [2.24, 2.45) is 0 Å². The number of carboxylic acids is 1. The summed E-state index contributed by atoms with van der Waals surface area (Å²) in [6.07, 6.45) is 59.3. The van der Waals surface area contributed by atoms with Gasteiger partial charge in [0.05, 0.1) is 6.61 Å². The summed E-state index contributed by atoms with van der Waals surface area (Å²) in [5, 5.41) is 31.6. The maximum absolute atomic E-state index is 13.2. The average Bonchev–Trinajstić information content (AvgIpc) is 3.47. The summed E-state index contributed by atoms with van der Waals surface area (Å²) < 4.78 is 28.5. The number of aliphatic hydroxyl groups is 2. The first-order valence-electron chi connectivity index (χ1n) is 31.2. The van der Waals surface area contributed by atoms with Gasteiger partial charge in [-0.1, -0.05) is 214 Å². The lowest BCUT2D eigenvalue weighted by molar-refractivity contribution is -0.301. The molecule has 1 fully saturated rings. The van der Waals surface area contributed by atoms with Crippen LogP contribution in [0.25, 0.3) is 0 Å². The highest BCUT2D eigenvalue weighted by Gasteiger charge is 2.50. The number of aliphatic carboxylic acids is 1. The van der Waals surface area contributed by atoms with E-state index in [1.165, 1.54) is 25.7 Å². The molecule has 6 atom stereocenters. The molecular weight excluding hydrogens is 997 g/mol. The topological polar surface area (TPSA) is 175 Å². The number of hydrogen-bond acceptors (Lipinski definition) is 11. The van der Waals surface area contributed by atoms with Crippen molar-refractivity contribution in [3.63, 3.8) is 0 Å². The third-order valence-corrected chi connectivity index (χ3v) is 13.6. The lowest BCUT2D eigenvalue weighted by Crippen LogP contribution is -2.61. The summed E-state index contributed by atoms with van der Waals surface area (Å²) in [5.74, 6) is -3.17. The SMILES string of the molecule is CC/C=C\C/C=C\C/C=C\CCCCCCCCCC(=O)OCC(COC1OC(C(=O)O)C(O)C(O)C1OC(=O)CCCCCCCC/C=C\C/C=C\C/C=C\CCCCC)OC(=O)CCCCCCC/C=C\C/C=C\CCC. The lowest BCUT2D eigenvalue weighted by Gasteiger charge is -2.40. The second-order valence-corrected chi connectivity index (χ2v) is 20.9. The van der Waals surface area contributed by atoms with E-state index in [0.29, 0.717) is 19.3 Å². The minimum Gasteiger partial charge on any atom is -0.479 e. The Morgan fingerprint density at radius 3 is 1.27 bits per heavy atom. The average molecular weight is 1110 g/mol. The number of carbonyl (C=O) groups is 4. The normalized spacial score (nSPS) is 18.5. The number of unbranched alkanes of at least 4 members (excludes halogenated alkanes) is 22. The third kappa shape index (κ3) is 44.0. The van der Waals surface area contributed by atoms with Crippen molar-refractivity contribution in [1.29, 1.82) is 0 Å². The summed E-state index contributed by atoms with van der Waals surface area (Å²) in [7, 11) is 0. The molecule has 6 unspecified atom stereocenters. The van der Waals surface area contributed by atoms with E-state index >= 15 is 0 Å². The van der Waals surface area contributed by atoms with Crippen molar-refractivity contribution in [2.45, 2.75) is 289 Å². The molecule has 0 aliphatic carbocycles. The molecule has 0 aromatic rings. The molecule has 0 saturated carbocycles. The van der Waals surface area contributed by atoms with Crippen LogP contribution in [0.5, 0.6) is 0 Å². The van der Waals surface area contributed by atoms with E-state index in [4.69, 9.17) is 23.7 Å². The molecular formula is C67H110O12. The molecule has 0 radical (unpaired) electrons. The van der Waals surface area contributed by atoms with Gasteiger partial charge in [-0.05, 0) is 116 Å². The smallest absolute Gasteiger partial charge is 0.335 e. The Labute approximate surface area is 479 Å². The highest BCUT2D eigenvalue weighted by molar-refractivity contribution is 5.74. The van der Waals surface area contributed by atoms with Crippen LogP contribution in [0, 0.1) is 0 Å². The molecule has 450 valence electrons. The van der Waals surface area contributed by atoms with Crippen LogP contribution in [0.3, 0.4) is 0 Å². The van der Waals surface area contributed by atoms with Gasteiger partial charge in [0, 0.05) is 19.3 Å². The molecule has 0 bridgehead atoms. The Kier molecular flexibility index (Phi) is 49.9. The number of carboxylic acid groups (broad SMARTS) is 1. The molecule has 1 aliphatic rings. The van der Waals surface area contributed by atoms with Crippen molar-refractivity contribution in [3.05, 3.63) is 97.2 Å². The molecule has 12 heteroatoms. The highest BCUT2D eigenvalue weighted by atomic mass is 16.7. The van der Waals surface area contributed by atoms with Gasteiger partial charge in [0.2, 0.25) is 0 Å². The van der Waals surface area contributed by atoms with E-state index < -0.39 is 67.3 Å². The van der Waals surface area contributed by atoms with Crippen LogP contribution in [0.4, 0.5) is 0 Å².